The van der Waals surface area contributed by atoms with E-state index in [1.807, 2.05) is 0 Å². The number of hydrogen-bond donors (Lipinski definition) is 1. The molecule has 0 aromatic heterocycles. The first-order valence-electron chi connectivity index (χ1n) is 2.29. The Labute approximate surface area is 51.5 Å². The molecule has 0 rings (SSSR count). The Kier molecular flexibility index (Phi) is 2.57. The molecule has 9 heavy (non-hydrogen) atoms. The average molecular weight is 133 g/mol. The van der Waals surface area contributed by atoms with Crippen LogP contribution in [0.3, 0.4) is 0 Å². The summed E-state index contributed by atoms with van der Waals surface area (Å²) < 4.78 is 0. The molecule has 0 amide bonds. The minimum atomic E-state index is -1.55. The maximum atomic E-state index is 10.1. The zero-order valence-corrected chi connectivity index (χ0v) is 4.88. The van der Waals surface area contributed by atoms with Gasteiger partial charge in [-0.25, -0.2) is 4.79 Å². The smallest absolute Gasteiger partial charge is 0.372 e. The normalized spacial score (nSPS) is 8.56. The molecule has 0 aromatic carbocycles. The summed E-state index contributed by atoms with van der Waals surface area (Å²) in [6, 6.07) is 0. The zero-order chi connectivity index (χ0) is 7.44. The third kappa shape index (κ3) is 3.40. The number of Topliss-reactive ketones (excluding diaryl/α,β-unsaturated/α-hetero) is 2. The highest BCUT2D eigenvalue weighted by Gasteiger charge is 2.12. The zero-order valence-electron chi connectivity index (χ0n) is 4.88. The molecule has 0 unspecified atom stereocenters. The monoisotopic (exact) mass is 133 g/mol. The van der Waals surface area contributed by atoms with Crippen LogP contribution < -0.4 is 0 Å². The van der Waals surface area contributed by atoms with Gasteiger partial charge in [-0.2, -0.15) is 0 Å². The topological polar surface area (TPSA) is 71.4 Å². The van der Waals surface area contributed by atoms with Crippen LogP contribution in [0, 0.1) is 0 Å². The Morgan fingerprint density at radius 3 is 1.89 bits per heavy atom. The van der Waals surface area contributed by atoms with Gasteiger partial charge in [0.1, 0.15) is 5.78 Å². The lowest BCUT2D eigenvalue weighted by atomic mass is 10.6. The van der Waals surface area contributed by atoms with E-state index in [-0.39, 0.29) is 0 Å². The fourth-order valence-corrected chi connectivity index (χ4v) is 0.302. The summed E-state index contributed by atoms with van der Waals surface area (Å²) in [6.07, 6.45) is -0.505. The van der Waals surface area contributed by atoms with Gasteiger partial charge in [-0.15, -0.1) is 0 Å². The van der Waals surface area contributed by atoms with Crippen LogP contribution in [0.25, 0.3) is 0 Å². The van der Waals surface area contributed by atoms with E-state index in [2.05, 4.69) is 0 Å². The van der Waals surface area contributed by atoms with E-state index in [0.29, 0.717) is 0 Å². The van der Waals surface area contributed by atoms with Gasteiger partial charge in [-0.05, 0) is 6.92 Å². The average Bonchev–Trinajstić information content (AvgIpc) is 1.63. The Morgan fingerprint density at radius 1 is 1.33 bits per heavy atom. The molecule has 0 atom stereocenters. The molecule has 4 heteroatoms. The third-order valence-corrected chi connectivity index (χ3v) is 0.648. The van der Waals surface area contributed by atoms with E-state index < -0.39 is 24.0 Å². The van der Waals surface area contributed by atoms with Crippen LogP contribution in [0.2, 0.25) is 0 Å². The summed E-state index contributed by atoms with van der Waals surface area (Å²) in [7, 11) is 0. The van der Waals surface area contributed by atoms with Gasteiger partial charge in [0.05, 0.1) is 6.42 Å². The first-order chi connectivity index (χ1) is 4.04. The van der Waals surface area contributed by atoms with Crippen molar-refractivity contribution in [2.24, 2.45) is 0 Å². The Hall–Kier alpha value is -1.19. The lowest BCUT2D eigenvalue weighted by Gasteiger charge is -1.86. The van der Waals surface area contributed by atoms with E-state index in [0.717, 1.165) is 0 Å². The third-order valence-electron chi connectivity index (χ3n) is 0.648. The van der Waals surface area contributed by atoms with Crippen LogP contribution >= 0.6 is 0 Å². The molecule has 0 radical (unpaired) electrons. The quantitative estimate of drug-likeness (QED) is 0.323. The SMILES string of the molecule is [13CH3][13C](=O)[13CH2]C(=O)C(=O)O. The van der Waals surface area contributed by atoms with Gasteiger partial charge < -0.3 is 5.11 Å². The highest BCUT2D eigenvalue weighted by Crippen LogP contribution is 1.83. The van der Waals surface area contributed by atoms with Crippen molar-refractivity contribution in [3.63, 3.8) is 0 Å². The number of rotatable bonds is 3. The lowest BCUT2D eigenvalue weighted by molar-refractivity contribution is -0.150. The number of hydrogen-bond acceptors (Lipinski definition) is 3. The van der Waals surface area contributed by atoms with Gasteiger partial charge in [0.15, 0.2) is 0 Å². The van der Waals surface area contributed by atoms with E-state index in [1.165, 1.54) is 6.92 Å². The first-order valence-corrected chi connectivity index (χ1v) is 2.29. The highest BCUT2D eigenvalue weighted by atomic mass is 16.4. The predicted octanol–water partition coefficient (Wildman–Crippen LogP) is -0.381. The maximum absolute atomic E-state index is 10.1. The van der Waals surface area contributed by atoms with E-state index in [4.69, 9.17) is 5.11 Å². The van der Waals surface area contributed by atoms with Crippen molar-refractivity contribution >= 4 is 17.5 Å². The van der Waals surface area contributed by atoms with Gasteiger partial charge in [0.25, 0.3) is 0 Å². The molecular weight excluding hydrogens is 127 g/mol. The lowest BCUT2D eigenvalue weighted by Crippen LogP contribution is -2.15. The number of aliphatic carboxylic acids is 1. The fraction of sp³-hybridized carbons (Fsp3) is 0.400. The summed E-state index contributed by atoms with van der Waals surface area (Å²) >= 11 is 0. The van der Waals surface area contributed by atoms with Gasteiger partial charge in [0, 0.05) is 0 Å². The van der Waals surface area contributed by atoms with E-state index >= 15 is 0 Å². The molecule has 0 heterocycles. The molecule has 0 saturated carbocycles. The Balaban J connectivity index is 3.79. The molecule has 0 aliphatic carbocycles. The summed E-state index contributed by atoms with van der Waals surface area (Å²) in [5.74, 6) is -3.03. The number of carboxylic acid groups (broad SMARTS) is 1. The van der Waals surface area contributed by atoms with Crippen LogP contribution in [0.1, 0.15) is 13.3 Å². The molecule has 0 aromatic rings. The molecule has 0 spiro atoms. The van der Waals surface area contributed by atoms with Crippen molar-refractivity contribution in [2.75, 3.05) is 0 Å². The van der Waals surface area contributed by atoms with Crippen molar-refractivity contribution in [3.8, 4) is 0 Å². The van der Waals surface area contributed by atoms with Crippen LogP contribution in [0.15, 0.2) is 0 Å². The van der Waals surface area contributed by atoms with Crippen LogP contribution in [-0.2, 0) is 14.4 Å². The minimum Gasteiger partial charge on any atom is -0.475 e. The Morgan fingerprint density at radius 2 is 1.78 bits per heavy atom. The van der Waals surface area contributed by atoms with Crippen molar-refractivity contribution in [1.29, 1.82) is 0 Å². The summed E-state index contributed by atoms with van der Waals surface area (Å²) in [4.78, 5) is 29.9. The predicted molar refractivity (Wildman–Crippen MR) is 27.9 cm³/mol. The maximum Gasteiger partial charge on any atom is 0.372 e. The number of carboxylic acids is 1. The van der Waals surface area contributed by atoms with Crippen LogP contribution in [0.5, 0.6) is 0 Å². The second kappa shape index (κ2) is 2.96. The number of carbonyl (C=O) groups excluding carboxylic acids is 2. The second-order valence-corrected chi connectivity index (χ2v) is 1.61. The van der Waals surface area contributed by atoms with Gasteiger partial charge in [0.2, 0.25) is 5.78 Å². The molecule has 50 valence electrons. The van der Waals surface area contributed by atoms with Gasteiger partial charge >= 0.3 is 5.97 Å². The highest BCUT2D eigenvalue weighted by molar-refractivity contribution is 6.36. The van der Waals surface area contributed by atoms with Crippen LogP contribution in [-0.4, -0.2) is 22.6 Å². The van der Waals surface area contributed by atoms with Crippen molar-refractivity contribution in [2.45, 2.75) is 13.3 Å². The standard InChI is InChI=1S/C5H6O4/c1-3(6)2-4(7)5(8)9/h2H2,1H3,(H,8,9)/i1+1,2+1,3+1. The molecule has 0 bridgehead atoms. The minimum absolute atomic E-state index is 0.428. The number of carbonyl (C=O) groups is 3. The molecule has 1 N–H and O–H groups in total. The first kappa shape index (κ1) is 7.81. The van der Waals surface area contributed by atoms with E-state index in [1.54, 1.807) is 0 Å². The van der Waals surface area contributed by atoms with E-state index in [9.17, 15) is 14.4 Å². The molecule has 4 nitrogen and oxygen atoms in total. The molecule has 0 aliphatic heterocycles. The van der Waals surface area contributed by atoms with Crippen LogP contribution in [0.4, 0.5) is 0 Å². The number of ketones is 2. The molecular formula is C5H6O4. The second-order valence-electron chi connectivity index (χ2n) is 1.61. The van der Waals surface area contributed by atoms with Crippen molar-refractivity contribution < 1.29 is 19.5 Å². The molecule has 0 aliphatic rings. The molecule has 0 fully saturated rings. The summed E-state index contributed by atoms with van der Waals surface area (Å²) in [5.41, 5.74) is 0. The summed E-state index contributed by atoms with van der Waals surface area (Å²) in [6.45, 7) is 1.17. The van der Waals surface area contributed by atoms with Crippen molar-refractivity contribution in [1.82, 2.24) is 0 Å². The largest absolute Gasteiger partial charge is 0.475 e. The molecule has 0 saturated heterocycles. The Bertz CT molecular complexity index is 158. The van der Waals surface area contributed by atoms with Crippen molar-refractivity contribution in [3.05, 3.63) is 0 Å². The fourth-order valence-electron chi connectivity index (χ4n) is 0.302. The van der Waals surface area contributed by atoms with Gasteiger partial charge in [-0.1, -0.05) is 0 Å². The summed E-state index contributed by atoms with van der Waals surface area (Å²) in [5, 5.41) is 7.93. The van der Waals surface area contributed by atoms with Gasteiger partial charge in [-0.3, -0.25) is 9.59 Å².